The van der Waals surface area contributed by atoms with E-state index in [9.17, 15) is 9.90 Å². The third kappa shape index (κ3) is 6.76. The third-order valence-corrected chi connectivity index (χ3v) is 3.74. The van der Waals surface area contributed by atoms with Gasteiger partial charge in [-0.1, -0.05) is 39.2 Å². The van der Waals surface area contributed by atoms with Crippen molar-refractivity contribution in [2.75, 3.05) is 6.54 Å². The van der Waals surface area contributed by atoms with Crippen LogP contribution in [0.25, 0.3) is 0 Å². The Bertz CT molecular complexity index is 494. The molecule has 0 aliphatic carbocycles. The Morgan fingerprint density at radius 3 is 2.73 bits per heavy atom. The monoisotopic (exact) mass is 323 g/mol. The fraction of sp³-hybridized carbons (Fsp3) is 0.500. The summed E-state index contributed by atoms with van der Waals surface area (Å²) < 4.78 is 0. The average Bonchev–Trinajstić information content (AvgIpc) is 2.52. The van der Waals surface area contributed by atoms with Crippen molar-refractivity contribution >= 4 is 23.2 Å². The normalized spacial score (nSPS) is 11.5. The smallest absolute Gasteiger partial charge is 0.269 e. The van der Waals surface area contributed by atoms with Gasteiger partial charge in [0.05, 0.1) is 0 Å². The van der Waals surface area contributed by atoms with E-state index in [-0.39, 0.29) is 11.7 Å². The number of unbranched alkanes of at least 4 members (excludes halogenated alkanes) is 1. The molecular weight excluding hydrogens is 298 g/mol. The van der Waals surface area contributed by atoms with E-state index in [1.165, 1.54) is 31.4 Å². The predicted octanol–water partition coefficient (Wildman–Crippen LogP) is 2.72. The van der Waals surface area contributed by atoms with E-state index >= 15 is 0 Å². The Morgan fingerprint density at radius 2 is 2.09 bits per heavy atom. The topological polar surface area (TPSA) is 73.4 Å². The van der Waals surface area contributed by atoms with E-state index in [0.717, 1.165) is 13.0 Å². The molecule has 0 heterocycles. The van der Waals surface area contributed by atoms with Crippen LogP contribution in [0.5, 0.6) is 5.75 Å². The Kier molecular flexibility index (Phi) is 8.28. The molecule has 1 atom stereocenters. The molecule has 0 aliphatic rings. The van der Waals surface area contributed by atoms with Gasteiger partial charge < -0.3 is 10.4 Å². The number of hydrogen-bond acceptors (Lipinski definition) is 3. The molecule has 1 aromatic carbocycles. The largest absolute Gasteiger partial charge is 0.508 e. The first-order valence-electron chi connectivity index (χ1n) is 7.70. The number of phenolic OH excluding ortho intramolecular Hbond substituents is 1. The van der Waals surface area contributed by atoms with Crippen molar-refractivity contribution in [3.63, 3.8) is 0 Å². The van der Waals surface area contributed by atoms with E-state index in [1.54, 1.807) is 12.1 Å². The van der Waals surface area contributed by atoms with Gasteiger partial charge >= 0.3 is 0 Å². The van der Waals surface area contributed by atoms with Crippen molar-refractivity contribution in [3.05, 3.63) is 29.8 Å². The van der Waals surface area contributed by atoms with Crippen LogP contribution in [-0.2, 0) is 0 Å². The number of hydrazine groups is 1. The molecule has 0 saturated carbocycles. The number of nitrogens with one attached hydrogen (secondary N) is 3. The number of aromatic hydroxyl groups is 1. The van der Waals surface area contributed by atoms with Crippen LogP contribution in [0, 0.1) is 5.92 Å². The highest BCUT2D eigenvalue weighted by Crippen LogP contribution is 2.11. The number of benzene rings is 1. The second-order valence-electron chi connectivity index (χ2n) is 5.26. The van der Waals surface area contributed by atoms with Crippen molar-refractivity contribution in [3.8, 4) is 5.75 Å². The van der Waals surface area contributed by atoms with Crippen molar-refractivity contribution < 1.29 is 9.90 Å². The maximum Gasteiger partial charge on any atom is 0.269 e. The SMILES string of the molecule is CCCC[C@H](CC)CNC(=S)NNC(=O)c1cccc(O)c1. The van der Waals surface area contributed by atoms with Gasteiger partial charge in [-0.2, -0.15) is 0 Å². The number of hydrogen-bond donors (Lipinski definition) is 4. The van der Waals surface area contributed by atoms with E-state index < -0.39 is 0 Å². The first-order valence-corrected chi connectivity index (χ1v) is 8.10. The van der Waals surface area contributed by atoms with Gasteiger partial charge in [-0.15, -0.1) is 0 Å². The zero-order chi connectivity index (χ0) is 16.4. The van der Waals surface area contributed by atoms with E-state index in [1.807, 2.05) is 0 Å². The van der Waals surface area contributed by atoms with E-state index in [2.05, 4.69) is 30.0 Å². The lowest BCUT2D eigenvalue weighted by molar-refractivity contribution is 0.0943. The number of amides is 1. The number of carbonyl (C=O) groups is 1. The van der Waals surface area contributed by atoms with Gasteiger partial charge in [-0.25, -0.2) is 0 Å². The van der Waals surface area contributed by atoms with Crippen LogP contribution in [0.1, 0.15) is 49.9 Å². The molecule has 4 N–H and O–H groups in total. The average molecular weight is 323 g/mol. The molecule has 0 unspecified atom stereocenters. The number of phenols is 1. The highest BCUT2D eigenvalue weighted by Gasteiger charge is 2.08. The standard InChI is InChI=1S/C16H25N3O2S/c1-3-5-7-12(4-2)11-17-16(22)19-18-15(21)13-8-6-9-14(20)10-13/h6,8-10,12,20H,3-5,7,11H2,1-2H3,(H,18,21)(H2,17,19,22)/t12-/m0/s1. The van der Waals surface area contributed by atoms with Gasteiger partial charge in [-0.05, 0) is 42.8 Å². The predicted molar refractivity (Wildman–Crippen MR) is 92.6 cm³/mol. The summed E-state index contributed by atoms with van der Waals surface area (Å²) in [6, 6.07) is 6.13. The van der Waals surface area contributed by atoms with Gasteiger partial charge in [0.1, 0.15) is 5.75 Å². The third-order valence-electron chi connectivity index (χ3n) is 3.49. The minimum absolute atomic E-state index is 0.0510. The summed E-state index contributed by atoms with van der Waals surface area (Å²) in [5.41, 5.74) is 5.55. The molecule has 0 fully saturated rings. The Labute approximate surface area is 137 Å². The molecule has 6 heteroatoms. The minimum atomic E-state index is -0.349. The van der Waals surface area contributed by atoms with Crippen LogP contribution >= 0.6 is 12.2 Å². The molecule has 1 aromatic rings. The minimum Gasteiger partial charge on any atom is -0.508 e. The molecule has 22 heavy (non-hydrogen) atoms. The zero-order valence-corrected chi connectivity index (χ0v) is 14.0. The summed E-state index contributed by atoms with van der Waals surface area (Å²) in [4.78, 5) is 11.9. The summed E-state index contributed by atoms with van der Waals surface area (Å²) in [6.07, 6.45) is 4.69. The Morgan fingerprint density at radius 1 is 1.32 bits per heavy atom. The second kappa shape index (κ2) is 10.00. The molecule has 0 radical (unpaired) electrons. The lowest BCUT2D eigenvalue weighted by Crippen LogP contribution is -2.47. The molecule has 1 rings (SSSR count). The Hall–Kier alpha value is -1.82. The lowest BCUT2D eigenvalue weighted by Gasteiger charge is -2.17. The summed E-state index contributed by atoms with van der Waals surface area (Å²) >= 11 is 5.14. The lowest BCUT2D eigenvalue weighted by atomic mass is 9.99. The maximum absolute atomic E-state index is 11.9. The van der Waals surface area contributed by atoms with Crippen LogP contribution in [0.3, 0.4) is 0 Å². The van der Waals surface area contributed by atoms with E-state index in [0.29, 0.717) is 16.6 Å². The molecule has 1 amide bonds. The highest BCUT2D eigenvalue weighted by molar-refractivity contribution is 7.80. The van der Waals surface area contributed by atoms with Crippen LogP contribution in [0.2, 0.25) is 0 Å². The van der Waals surface area contributed by atoms with Crippen molar-refractivity contribution in [2.45, 2.75) is 39.5 Å². The summed E-state index contributed by atoms with van der Waals surface area (Å²) in [5, 5.41) is 12.9. The molecule has 122 valence electrons. The van der Waals surface area contributed by atoms with Crippen LogP contribution in [0.4, 0.5) is 0 Å². The molecule has 5 nitrogen and oxygen atoms in total. The van der Waals surface area contributed by atoms with Gasteiger partial charge in [0.2, 0.25) is 0 Å². The summed E-state index contributed by atoms with van der Waals surface area (Å²) in [6.45, 7) is 5.15. The first kappa shape index (κ1) is 18.2. The van der Waals surface area contributed by atoms with Crippen LogP contribution in [-0.4, -0.2) is 22.7 Å². The van der Waals surface area contributed by atoms with Crippen LogP contribution < -0.4 is 16.2 Å². The fourth-order valence-corrected chi connectivity index (χ4v) is 2.19. The highest BCUT2D eigenvalue weighted by atomic mass is 32.1. The summed E-state index contributed by atoms with van der Waals surface area (Å²) in [5.74, 6) is 0.287. The van der Waals surface area contributed by atoms with Crippen molar-refractivity contribution in [1.29, 1.82) is 0 Å². The number of rotatable bonds is 7. The van der Waals surface area contributed by atoms with Gasteiger partial charge in [0.25, 0.3) is 5.91 Å². The Balaban J connectivity index is 2.32. The molecule has 0 bridgehead atoms. The van der Waals surface area contributed by atoms with Crippen molar-refractivity contribution in [2.24, 2.45) is 5.92 Å². The zero-order valence-electron chi connectivity index (χ0n) is 13.2. The molecule has 0 saturated heterocycles. The maximum atomic E-state index is 11.9. The molecule has 0 aromatic heterocycles. The number of thiocarbonyl (C=S) groups is 1. The van der Waals surface area contributed by atoms with Crippen molar-refractivity contribution in [1.82, 2.24) is 16.2 Å². The summed E-state index contributed by atoms with van der Waals surface area (Å²) in [7, 11) is 0. The molecular formula is C16H25N3O2S. The quantitative estimate of drug-likeness (QED) is 0.459. The second-order valence-corrected chi connectivity index (χ2v) is 5.66. The van der Waals surface area contributed by atoms with Gasteiger partial charge in [0, 0.05) is 12.1 Å². The van der Waals surface area contributed by atoms with Gasteiger partial charge in [0.15, 0.2) is 5.11 Å². The van der Waals surface area contributed by atoms with E-state index in [4.69, 9.17) is 12.2 Å². The number of carbonyl (C=O) groups excluding carboxylic acids is 1. The molecule has 0 spiro atoms. The fourth-order valence-electron chi connectivity index (χ4n) is 2.06. The molecule has 0 aliphatic heterocycles. The first-order chi connectivity index (χ1) is 10.6. The van der Waals surface area contributed by atoms with Crippen LogP contribution in [0.15, 0.2) is 24.3 Å². The van der Waals surface area contributed by atoms with Gasteiger partial charge in [-0.3, -0.25) is 15.6 Å².